The number of carbonyl (C=O) groups excluding carboxylic acids is 1. The fourth-order valence-electron chi connectivity index (χ4n) is 2.36. The number of hydrogen-bond acceptors (Lipinski definition) is 4. The molecule has 6 nitrogen and oxygen atoms in total. The Labute approximate surface area is 153 Å². The van der Waals surface area contributed by atoms with Gasteiger partial charge >= 0.3 is 0 Å². The highest BCUT2D eigenvalue weighted by Gasteiger charge is 2.18. The van der Waals surface area contributed by atoms with E-state index in [9.17, 15) is 17.6 Å². The van der Waals surface area contributed by atoms with E-state index in [4.69, 9.17) is 0 Å². The van der Waals surface area contributed by atoms with Gasteiger partial charge in [0.25, 0.3) is 0 Å². The zero-order valence-corrected chi connectivity index (χ0v) is 15.8. The van der Waals surface area contributed by atoms with Crippen molar-refractivity contribution in [3.05, 3.63) is 54.3 Å². The third kappa shape index (κ3) is 5.45. The zero-order chi connectivity index (χ0) is 19.3. The lowest BCUT2D eigenvalue weighted by Gasteiger charge is -2.23. The van der Waals surface area contributed by atoms with Crippen molar-refractivity contribution in [3.8, 4) is 0 Å². The lowest BCUT2D eigenvalue weighted by molar-refractivity contribution is -0.116. The smallest absolute Gasteiger partial charge is 0.232 e. The predicted octanol–water partition coefficient (Wildman–Crippen LogP) is 2.69. The highest BCUT2D eigenvalue weighted by atomic mass is 32.2. The lowest BCUT2D eigenvalue weighted by Crippen LogP contribution is -2.33. The third-order valence-corrected chi connectivity index (χ3v) is 4.92. The summed E-state index contributed by atoms with van der Waals surface area (Å²) in [6.07, 6.45) is 1.07. The van der Waals surface area contributed by atoms with Gasteiger partial charge in [0.1, 0.15) is 5.82 Å². The van der Waals surface area contributed by atoms with E-state index in [0.717, 1.165) is 11.9 Å². The van der Waals surface area contributed by atoms with Crippen molar-refractivity contribution in [1.82, 2.24) is 0 Å². The number of halogens is 1. The fraction of sp³-hybridized carbons (Fsp3) is 0.278. The molecule has 0 aliphatic carbocycles. The number of amides is 1. The summed E-state index contributed by atoms with van der Waals surface area (Å²) in [6.45, 7) is 0.00712. The molecule has 1 amide bonds. The van der Waals surface area contributed by atoms with Gasteiger partial charge in [0.2, 0.25) is 15.9 Å². The van der Waals surface area contributed by atoms with Crippen LogP contribution >= 0.6 is 0 Å². The number of rotatable bonds is 7. The molecule has 0 radical (unpaired) electrons. The Hall–Kier alpha value is -2.61. The average Bonchev–Trinajstić information content (AvgIpc) is 2.56. The number of sulfonamides is 1. The minimum atomic E-state index is -3.54. The molecule has 0 unspecified atom stereocenters. The van der Waals surface area contributed by atoms with E-state index < -0.39 is 15.8 Å². The van der Waals surface area contributed by atoms with Gasteiger partial charge in [0, 0.05) is 38.4 Å². The Bertz CT molecular complexity index is 850. The SMILES string of the molecule is CN(C)c1ccc(N(CCC(=O)Nc2ccc(F)cc2)S(C)(=O)=O)cc1. The maximum Gasteiger partial charge on any atom is 0.232 e. The molecular formula is C18H22FN3O3S. The number of carbonyl (C=O) groups is 1. The summed E-state index contributed by atoms with van der Waals surface area (Å²) in [4.78, 5) is 14.0. The first kappa shape index (κ1) is 19.7. The summed E-state index contributed by atoms with van der Waals surface area (Å²) in [5.41, 5.74) is 1.89. The van der Waals surface area contributed by atoms with Crippen molar-refractivity contribution in [2.45, 2.75) is 6.42 Å². The fourth-order valence-corrected chi connectivity index (χ4v) is 3.29. The predicted molar refractivity (Wildman–Crippen MR) is 103 cm³/mol. The van der Waals surface area contributed by atoms with E-state index in [1.807, 2.05) is 31.1 Å². The van der Waals surface area contributed by atoms with E-state index in [0.29, 0.717) is 11.4 Å². The molecule has 1 N–H and O–H groups in total. The second-order valence-corrected chi connectivity index (χ2v) is 7.96. The van der Waals surface area contributed by atoms with Gasteiger partial charge in [-0.15, -0.1) is 0 Å². The maximum atomic E-state index is 12.9. The molecule has 0 fully saturated rings. The Morgan fingerprint density at radius 1 is 1.00 bits per heavy atom. The summed E-state index contributed by atoms with van der Waals surface area (Å²) < 4.78 is 38.3. The molecular weight excluding hydrogens is 357 g/mol. The topological polar surface area (TPSA) is 69.7 Å². The molecule has 0 aliphatic rings. The van der Waals surface area contributed by atoms with Crippen LogP contribution in [-0.2, 0) is 14.8 Å². The molecule has 0 saturated heterocycles. The molecule has 8 heteroatoms. The number of anilines is 3. The van der Waals surface area contributed by atoms with Crippen molar-refractivity contribution in [1.29, 1.82) is 0 Å². The highest BCUT2D eigenvalue weighted by molar-refractivity contribution is 7.92. The number of hydrogen-bond donors (Lipinski definition) is 1. The maximum absolute atomic E-state index is 12.9. The molecule has 0 bridgehead atoms. The molecule has 0 heterocycles. The minimum absolute atomic E-state index is 0.00712. The van der Waals surface area contributed by atoms with Crippen LogP contribution in [0.1, 0.15) is 6.42 Å². The van der Waals surface area contributed by atoms with Crippen LogP contribution in [0.15, 0.2) is 48.5 Å². The van der Waals surface area contributed by atoms with Gasteiger partial charge < -0.3 is 10.2 Å². The summed E-state index contributed by atoms with van der Waals surface area (Å²) in [5, 5.41) is 2.62. The lowest BCUT2D eigenvalue weighted by atomic mass is 10.2. The molecule has 140 valence electrons. The Kier molecular flexibility index (Phi) is 6.20. The van der Waals surface area contributed by atoms with Crippen molar-refractivity contribution < 1.29 is 17.6 Å². The van der Waals surface area contributed by atoms with E-state index in [2.05, 4.69) is 5.32 Å². The summed E-state index contributed by atoms with van der Waals surface area (Å²) in [6, 6.07) is 12.4. The van der Waals surface area contributed by atoms with Gasteiger partial charge in [-0.1, -0.05) is 0 Å². The number of benzene rings is 2. The number of nitrogens with one attached hydrogen (secondary N) is 1. The zero-order valence-electron chi connectivity index (χ0n) is 14.9. The van der Waals surface area contributed by atoms with Gasteiger partial charge in [-0.05, 0) is 48.5 Å². The molecule has 0 aromatic heterocycles. The molecule has 2 rings (SSSR count). The molecule has 0 spiro atoms. The van der Waals surface area contributed by atoms with Crippen LogP contribution in [0.25, 0.3) is 0 Å². The Morgan fingerprint density at radius 2 is 1.54 bits per heavy atom. The Morgan fingerprint density at radius 3 is 2.04 bits per heavy atom. The molecule has 0 saturated carbocycles. The van der Waals surface area contributed by atoms with Crippen LogP contribution < -0.4 is 14.5 Å². The normalized spacial score (nSPS) is 11.1. The van der Waals surface area contributed by atoms with E-state index in [1.165, 1.54) is 28.6 Å². The largest absolute Gasteiger partial charge is 0.378 e. The summed E-state index contributed by atoms with van der Waals surface area (Å²) in [5.74, 6) is -0.748. The first-order valence-electron chi connectivity index (χ1n) is 7.97. The van der Waals surface area contributed by atoms with Crippen molar-refractivity contribution >= 4 is 33.0 Å². The monoisotopic (exact) mass is 379 g/mol. The molecule has 26 heavy (non-hydrogen) atoms. The molecule has 2 aromatic carbocycles. The molecule has 2 aromatic rings. The van der Waals surface area contributed by atoms with Crippen molar-refractivity contribution in [3.63, 3.8) is 0 Å². The minimum Gasteiger partial charge on any atom is -0.378 e. The van der Waals surface area contributed by atoms with Crippen LogP contribution in [0.3, 0.4) is 0 Å². The molecule has 0 atom stereocenters. The average molecular weight is 379 g/mol. The third-order valence-electron chi connectivity index (χ3n) is 3.72. The van der Waals surface area contributed by atoms with Crippen LogP contribution in [0, 0.1) is 5.82 Å². The second kappa shape index (κ2) is 8.18. The van der Waals surface area contributed by atoms with Gasteiger partial charge in [-0.3, -0.25) is 9.10 Å². The Balaban J connectivity index is 2.06. The van der Waals surface area contributed by atoms with Crippen LogP contribution in [0.2, 0.25) is 0 Å². The van der Waals surface area contributed by atoms with Crippen LogP contribution in [0.5, 0.6) is 0 Å². The van der Waals surface area contributed by atoms with Crippen LogP contribution in [0.4, 0.5) is 21.5 Å². The van der Waals surface area contributed by atoms with Gasteiger partial charge in [0.15, 0.2) is 0 Å². The van der Waals surface area contributed by atoms with Gasteiger partial charge in [0.05, 0.1) is 11.9 Å². The van der Waals surface area contributed by atoms with E-state index in [-0.39, 0.29) is 18.9 Å². The summed E-state index contributed by atoms with van der Waals surface area (Å²) >= 11 is 0. The first-order chi connectivity index (χ1) is 12.2. The highest BCUT2D eigenvalue weighted by Crippen LogP contribution is 2.22. The second-order valence-electron chi connectivity index (χ2n) is 6.05. The quantitative estimate of drug-likeness (QED) is 0.803. The van der Waals surface area contributed by atoms with Crippen molar-refractivity contribution in [2.24, 2.45) is 0 Å². The first-order valence-corrected chi connectivity index (χ1v) is 9.82. The van der Waals surface area contributed by atoms with E-state index in [1.54, 1.807) is 12.1 Å². The standard InChI is InChI=1S/C18H22FN3O3S/c1-21(2)16-8-10-17(11-9-16)22(26(3,24)25)13-12-18(23)20-15-6-4-14(19)5-7-15/h4-11H,12-13H2,1-3H3,(H,20,23). The van der Waals surface area contributed by atoms with Gasteiger partial charge in [-0.2, -0.15) is 0 Å². The summed E-state index contributed by atoms with van der Waals surface area (Å²) in [7, 11) is 0.249. The molecule has 0 aliphatic heterocycles. The van der Waals surface area contributed by atoms with Gasteiger partial charge in [-0.25, -0.2) is 12.8 Å². The van der Waals surface area contributed by atoms with E-state index >= 15 is 0 Å². The van der Waals surface area contributed by atoms with Crippen molar-refractivity contribution in [2.75, 3.05) is 41.4 Å². The van der Waals surface area contributed by atoms with Crippen LogP contribution in [-0.4, -0.2) is 41.2 Å². The number of nitrogens with zero attached hydrogens (tertiary/aromatic N) is 2.